The summed E-state index contributed by atoms with van der Waals surface area (Å²) < 4.78 is 1.34. The number of anilines is 2. The van der Waals surface area contributed by atoms with E-state index in [1.165, 1.54) is 27.8 Å². The number of benzene rings is 1. The number of hydrogen-bond acceptors (Lipinski definition) is 3. The van der Waals surface area contributed by atoms with Gasteiger partial charge in [-0.1, -0.05) is 12.1 Å². The van der Waals surface area contributed by atoms with Gasteiger partial charge in [0.2, 0.25) is 11.5 Å². The molecule has 1 aliphatic heterocycles. The molecule has 0 radical (unpaired) electrons. The highest BCUT2D eigenvalue weighted by Crippen LogP contribution is 2.33. The van der Waals surface area contributed by atoms with Crippen molar-refractivity contribution in [2.45, 2.75) is 0 Å². The maximum Gasteiger partial charge on any atom is 0.260 e. The Morgan fingerprint density at radius 1 is 1.00 bits per heavy atom. The molecule has 0 bridgehead atoms. The fourth-order valence-corrected chi connectivity index (χ4v) is 2.49. The number of aromatic nitrogens is 1. The van der Waals surface area contributed by atoms with Crippen LogP contribution in [0.4, 0.5) is 11.4 Å². The Morgan fingerprint density at radius 3 is 2.36 bits per heavy atom. The van der Waals surface area contributed by atoms with Gasteiger partial charge in [0.05, 0.1) is 16.9 Å². The monoisotopic (exact) mass is 297 g/mol. The Labute approximate surface area is 127 Å². The second kappa shape index (κ2) is 5.14. The molecule has 6 nitrogen and oxygen atoms in total. The third kappa shape index (κ3) is 2.18. The number of carbonyl (C=O) groups is 2. The van der Waals surface area contributed by atoms with Gasteiger partial charge in [-0.2, -0.15) is 0 Å². The molecule has 0 spiro atoms. The molecule has 6 heteroatoms. The molecule has 0 unspecified atom stereocenters. The van der Waals surface area contributed by atoms with Crippen LogP contribution in [0, 0.1) is 0 Å². The summed E-state index contributed by atoms with van der Waals surface area (Å²) in [6.45, 7) is -0.0187. The van der Waals surface area contributed by atoms with Gasteiger partial charge >= 0.3 is 0 Å². The number of carbonyl (C=O) groups excluding carboxylic acids is 2. The van der Waals surface area contributed by atoms with E-state index in [0.29, 0.717) is 16.9 Å². The molecule has 3 rings (SSSR count). The van der Waals surface area contributed by atoms with Gasteiger partial charge in [-0.3, -0.25) is 19.3 Å². The summed E-state index contributed by atoms with van der Waals surface area (Å²) in [5, 5.41) is 0. The lowest BCUT2D eigenvalue weighted by molar-refractivity contribution is -0.117. The van der Waals surface area contributed by atoms with Crippen LogP contribution in [0.2, 0.25) is 0 Å². The summed E-state index contributed by atoms with van der Waals surface area (Å²) >= 11 is 0. The SMILES string of the molecule is CN1C(=O)CN(C(=O)c2ccc(=O)n(C)c2)c2ccccc21. The van der Waals surface area contributed by atoms with Gasteiger partial charge in [0, 0.05) is 26.4 Å². The predicted molar refractivity (Wildman–Crippen MR) is 83.2 cm³/mol. The van der Waals surface area contributed by atoms with Gasteiger partial charge in [0.15, 0.2) is 0 Å². The highest BCUT2D eigenvalue weighted by atomic mass is 16.2. The first-order chi connectivity index (χ1) is 10.5. The molecule has 0 N–H and O–H groups in total. The number of likely N-dealkylation sites (N-methyl/N-ethyl adjacent to an activating group) is 1. The van der Waals surface area contributed by atoms with Crippen molar-refractivity contribution in [2.75, 3.05) is 23.4 Å². The van der Waals surface area contributed by atoms with E-state index in [1.54, 1.807) is 31.1 Å². The van der Waals surface area contributed by atoms with Gasteiger partial charge < -0.3 is 9.47 Å². The minimum atomic E-state index is -0.301. The zero-order valence-corrected chi connectivity index (χ0v) is 12.3. The Hall–Kier alpha value is -2.89. The summed E-state index contributed by atoms with van der Waals surface area (Å²) in [6.07, 6.45) is 1.48. The van der Waals surface area contributed by atoms with E-state index in [0.717, 1.165) is 0 Å². The van der Waals surface area contributed by atoms with E-state index < -0.39 is 0 Å². The molecule has 1 aromatic heterocycles. The number of fused-ring (bicyclic) bond motifs is 1. The van der Waals surface area contributed by atoms with Gasteiger partial charge in [-0.15, -0.1) is 0 Å². The molecular weight excluding hydrogens is 282 g/mol. The van der Waals surface area contributed by atoms with Crippen molar-refractivity contribution in [1.82, 2.24) is 4.57 Å². The standard InChI is InChI=1S/C16H15N3O3/c1-17-9-11(7-8-14(17)20)16(22)19-10-15(21)18(2)12-5-3-4-6-13(12)19/h3-9H,10H2,1-2H3. The maximum atomic E-state index is 12.7. The predicted octanol–water partition coefficient (Wildman–Crippen LogP) is 1.01. The second-order valence-corrected chi connectivity index (χ2v) is 5.20. The molecule has 0 atom stereocenters. The fourth-order valence-electron chi connectivity index (χ4n) is 2.49. The van der Waals surface area contributed by atoms with Crippen molar-refractivity contribution in [3.63, 3.8) is 0 Å². The smallest absolute Gasteiger partial charge is 0.260 e. The van der Waals surface area contributed by atoms with Crippen LogP contribution < -0.4 is 15.4 Å². The van der Waals surface area contributed by atoms with Crippen molar-refractivity contribution in [3.05, 3.63) is 58.5 Å². The fraction of sp³-hybridized carbons (Fsp3) is 0.188. The Morgan fingerprint density at radius 2 is 1.68 bits per heavy atom. The number of rotatable bonds is 1. The zero-order chi connectivity index (χ0) is 15.9. The van der Waals surface area contributed by atoms with Crippen molar-refractivity contribution in [2.24, 2.45) is 7.05 Å². The molecule has 0 saturated carbocycles. The van der Waals surface area contributed by atoms with Crippen LogP contribution in [0.1, 0.15) is 10.4 Å². The number of aryl methyl sites for hydroxylation is 1. The lowest BCUT2D eigenvalue weighted by Crippen LogP contribution is -2.46. The number of hydrogen-bond donors (Lipinski definition) is 0. The topological polar surface area (TPSA) is 62.6 Å². The van der Waals surface area contributed by atoms with Crippen LogP contribution in [0.25, 0.3) is 0 Å². The Kier molecular flexibility index (Phi) is 3.29. The van der Waals surface area contributed by atoms with E-state index in [1.807, 2.05) is 12.1 Å². The summed E-state index contributed by atoms with van der Waals surface area (Å²) in [6, 6.07) is 10.1. The lowest BCUT2D eigenvalue weighted by atomic mass is 10.1. The molecule has 0 saturated heterocycles. The quantitative estimate of drug-likeness (QED) is 0.789. The average Bonchev–Trinajstić information content (AvgIpc) is 2.53. The zero-order valence-electron chi connectivity index (χ0n) is 12.3. The second-order valence-electron chi connectivity index (χ2n) is 5.20. The summed E-state index contributed by atoms with van der Waals surface area (Å²) in [7, 11) is 3.28. The van der Waals surface area contributed by atoms with E-state index >= 15 is 0 Å². The maximum absolute atomic E-state index is 12.7. The van der Waals surface area contributed by atoms with Crippen molar-refractivity contribution >= 4 is 23.2 Å². The van der Waals surface area contributed by atoms with E-state index in [4.69, 9.17) is 0 Å². The van der Waals surface area contributed by atoms with Crippen LogP contribution >= 0.6 is 0 Å². The van der Waals surface area contributed by atoms with Crippen LogP contribution in [-0.4, -0.2) is 30.0 Å². The van der Waals surface area contributed by atoms with E-state index in [2.05, 4.69) is 0 Å². The number of nitrogens with zero attached hydrogens (tertiary/aromatic N) is 3. The van der Waals surface area contributed by atoms with Gasteiger partial charge in [-0.25, -0.2) is 0 Å². The number of amides is 2. The molecule has 22 heavy (non-hydrogen) atoms. The van der Waals surface area contributed by atoms with Gasteiger partial charge in [0.1, 0.15) is 6.54 Å². The average molecular weight is 297 g/mol. The molecule has 2 amide bonds. The van der Waals surface area contributed by atoms with Crippen LogP contribution in [0.5, 0.6) is 0 Å². The third-order valence-electron chi connectivity index (χ3n) is 3.78. The third-order valence-corrected chi connectivity index (χ3v) is 3.78. The van der Waals surface area contributed by atoms with Crippen molar-refractivity contribution < 1.29 is 9.59 Å². The summed E-state index contributed by atoms with van der Waals surface area (Å²) in [4.78, 5) is 39.2. The normalized spacial score (nSPS) is 14.0. The molecule has 0 aliphatic carbocycles. The molecule has 0 fully saturated rings. The summed E-state index contributed by atoms with van der Waals surface area (Å²) in [5.41, 5.74) is 1.56. The van der Waals surface area contributed by atoms with E-state index in [9.17, 15) is 14.4 Å². The van der Waals surface area contributed by atoms with Crippen molar-refractivity contribution in [1.29, 1.82) is 0 Å². The molecular formula is C16H15N3O3. The Bertz CT molecular complexity index is 825. The van der Waals surface area contributed by atoms with Crippen LogP contribution in [0.15, 0.2) is 47.4 Å². The first-order valence-electron chi connectivity index (χ1n) is 6.83. The molecule has 2 heterocycles. The number of pyridine rings is 1. The molecule has 2 aromatic rings. The van der Waals surface area contributed by atoms with Crippen molar-refractivity contribution in [3.8, 4) is 0 Å². The first-order valence-corrected chi connectivity index (χ1v) is 6.83. The molecule has 1 aliphatic rings. The largest absolute Gasteiger partial charge is 0.318 e. The minimum absolute atomic E-state index is 0.0187. The lowest BCUT2D eigenvalue weighted by Gasteiger charge is -2.34. The van der Waals surface area contributed by atoms with Crippen LogP contribution in [0.3, 0.4) is 0 Å². The first kappa shape index (κ1) is 14.1. The Balaban J connectivity index is 2.06. The number of para-hydroxylation sites is 2. The van der Waals surface area contributed by atoms with E-state index in [-0.39, 0.29) is 23.9 Å². The molecule has 112 valence electrons. The van der Waals surface area contributed by atoms with Gasteiger partial charge in [0.25, 0.3) is 5.91 Å². The highest BCUT2D eigenvalue weighted by Gasteiger charge is 2.30. The summed E-state index contributed by atoms with van der Waals surface area (Å²) in [5.74, 6) is -0.457. The molecule has 1 aromatic carbocycles. The van der Waals surface area contributed by atoms with Crippen LogP contribution in [-0.2, 0) is 11.8 Å². The minimum Gasteiger partial charge on any atom is -0.318 e. The highest BCUT2D eigenvalue weighted by molar-refractivity contribution is 6.15. The van der Waals surface area contributed by atoms with Gasteiger partial charge in [-0.05, 0) is 18.2 Å².